The highest BCUT2D eigenvalue weighted by molar-refractivity contribution is 6.01. The molecule has 0 spiro atoms. The number of halogens is 2. The molecule has 0 radical (unpaired) electrons. The topological polar surface area (TPSA) is 66.4 Å². The summed E-state index contributed by atoms with van der Waals surface area (Å²) in [5, 5.41) is 11.3. The first-order chi connectivity index (χ1) is 9.73. The largest absolute Gasteiger partial charge is 0.478 e. The van der Waals surface area contributed by atoms with E-state index in [9.17, 15) is 18.4 Å². The zero-order valence-electron chi connectivity index (χ0n) is 12.0. The van der Waals surface area contributed by atoms with E-state index in [4.69, 9.17) is 5.11 Å². The van der Waals surface area contributed by atoms with Crippen LogP contribution in [-0.2, 0) is 16.0 Å². The molecule has 4 nitrogen and oxygen atoms in total. The number of rotatable bonds is 5. The summed E-state index contributed by atoms with van der Waals surface area (Å²) in [4.78, 5) is 22.6. The van der Waals surface area contributed by atoms with Gasteiger partial charge in [0.1, 0.15) is 11.6 Å². The average molecular weight is 297 g/mol. The molecule has 0 aliphatic rings. The molecular formula is C15H17F2NO3. The van der Waals surface area contributed by atoms with Crippen molar-refractivity contribution in [1.82, 2.24) is 5.32 Å². The Morgan fingerprint density at radius 1 is 1.19 bits per heavy atom. The Kier molecular flexibility index (Phi) is 5.58. The number of amides is 1. The fourth-order valence-electron chi connectivity index (χ4n) is 1.75. The van der Waals surface area contributed by atoms with Crippen molar-refractivity contribution < 1.29 is 23.5 Å². The normalized spacial score (nSPS) is 13.4. The minimum absolute atomic E-state index is 0.0242. The maximum atomic E-state index is 13.5. The minimum atomic E-state index is -1.18. The highest BCUT2D eigenvalue weighted by Gasteiger charge is 2.17. The summed E-state index contributed by atoms with van der Waals surface area (Å²) in [6, 6.07) is 3.01. The molecule has 1 rings (SSSR count). The van der Waals surface area contributed by atoms with Gasteiger partial charge in [-0.2, -0.15) is 0 Å². The van der Waals surface area contributed by atoms with Gasteiger partial charge in [-0.05, 0) is 39.3 Å². The van der Waals surface area contributed by atoms with Gasteiger partial charge in [0.05, 0.1) is 0 Å². The smallest absolute Gasteiger partial charge is 0.331 e. The van der Waals surface area contributed by atoms with Gasteiger partial charge >= 0.3 is 5.97 Å². The second-order valence-corrected chi connectivity index (χ2v) is 4.83. The molecule has 114 valence electrons. The number of nitrogens with one attached hydrogen (secondary N) is 1. The molecule has 6 heteroatoms. The maximum Gasteiger partial charge on any atom is 0.331 e. The SMILES string of the molecule is CC(C(=O)O)=C(C)C(=O)NC(C)Cc1c(F)cccc1F. The van der Waals surface area contributed by atoms with Crippen molar-refractivity contribution in [3.05, 3.63) is 46.5 Å². The number of carboxylic acids is 1. The van der Waals surface area contributed by atoms with Crippen LogP contribution in [0.15, 0.2) is 29.3 Å². The first kappa shape index (κ1) is 16.8. The molecule has 0 aliphatic heterocycles. The fraction of sp³-hybridized carbons (Fsp3) is 0.333. The Morgan fingerprint density at radius 2 is 1.71 bits per heavy atom. The fourth-order valence-corrected chi connectivity index (χ4v) is 1.75. The lowest BCUT2D eigenvalue weighted by molar-refractivity contribution is -0.133. The number of carbonyl (C=O) groups excluding carboxylic acids is 1. The molecule has 21 heavy (non-hydrogen) atoms. The molecule has 0 heterocycles. The molecule has 1 unspecified atom stereocenters. The van der Waals surface area contributed by atoms with E-state index in [1.54, 1.807) is 6.92 Å². The predicted molar refractivity (Wildman–Crippen MR) is 73.7 cm³/mol. The second kappa shape index (κ2) is 6.97. The van der Waals surface area contributed by atoms with Gasteiger partial charge in [0.2, 0.25) is 5.91 Å². The van der Waals surface area contributed by atoms with E-state index in [2.05, 4.69) is 5.32 Å². The number of carboxylic acid groups (broad SMARTS) is 1. The lowest BCUT2D eigenvalue weighted by Gasteiger charge is -2.15. The van der Waals surface area contributed by atoms with Crippen molar-refractivity contribution in [3.63, 3.8) is 0 Å². The third-order valence-electron chi connectivity index (χ3n) is 3.17. The van der Waals surface area contributed by atoms with Crippen LogP contribution < -0.4 is 5.32 Å². The molecule has 1 aromatic carbocycles. The average Bonchev–Trinajstić information content (AvgIpc) is 2.41. The van der Waals surface area contributed by atoms with E-state index in [0.29, 0.717) is 0 Å². The zero-order chi connectivity index (χ0) is 16.2. The summed E-state index contributed by atoms with van der Waals surface area (Å²) in [6.07, 6.45) is -0.0242. The quantitative estimate of drug-likeness (QED) is 0.820. The summed E-state index contributed by atoms with van der Waals surface area (Å²) < 4.78 is 27.0. The van der Waals surface area contributed by atoms with Gasteiger partial charge in [0.25, 0.3) is 0 Å². The summed E-state index contributed by atoms with van der Waals surface area (Å²) in [5.74, 6) is -3.11. The van der Waals surface area contributed by atoms with Crippen LogP contribution >= 0.6 is 0 Å². The van der Waals surface area contributed by atoms with Crippen molar-refractivity contribution in [2.45, 2.75) is 33.2 Å². The lowest BCUT2D eigenvalue weighted by Crippen LogP contribution is -2.35. The van der Waals surface area contributed by atoms with Crippen LogP contribution in [0.2, 0.25) is 0 Å². The van der Waals surface area contributed by atoms with Crippen LogP contribution in [0.4, 0.5) is 8.78 Å². The first-order valence-corrected chi connectivity index (χ1v) is 6.38. The van der Waals surface area contributed by atoms with Crippen LogP contribution in [0, 0.1) is 11.6 Å². The number of hydrogen-bond acceptors (Lipinski definition) is 2. The van der Waals surface area contributed by atoms with E-state index in [1.807, 2.05) is 0 Å². The van der Waals surface area contributed by atoms with Gasteiger partial charge in [-0.3, -0.25) is 4.79 Å². The van der Waals surface area contributed by atoms with Crippen molar-refractivity contribution in [3.8, 4) is 0 Å². The van der Waals surface area contributed by atoms with Gasteiger partial charge in [-0.25, -0.2) is 13.6 Å². The molecular weight excluding hydrogens is 280 g/mol. The number of aliphatic carboxylic acids is 1. The summed E-state index contributed by atoms with van der Waals surface area (Å²) in [5.41, 5.74) is -0.123. The van der Waals surface area contributed by atoms with E-state index in [-0.39, 0.29) is 23.1 Å². The Balaban J connectivity index is 2.79. The van der Waals surface area contributed by atoms with Gasteiger partial charge in [-0.15, -0.1) is 0 Å². The molecule has 0 saturated heterocycles. The summed E-state index contributed by atoms with van der Waals surface area (Å²) in [6.45, 7) is 4.29. The molecule has 0 fully saturated rings. The van der Waals surface area contributed by atoms with Crippen molar-refractivity contribution in [2.24, 2.45) is 0 Å². The monoisotopic (exact) mass is 297 g/mol. The van der Waals surface area contributed by atoms with Crippen LogP contribution in [0.5, 0.6) is 0 Å². The molecule has 1 amide bonds. The van der Waals surface area contributed by atoms with Crippen LogP contribution in [0.3, 0.4) is 0 Å². The highest BCUT2D eigenvalue weighted by Crippen LogP contribution is 2.14. The van der Waals surface area contributed by atoms with E-state index in [1.165, 1.54) is 19.9 Å². The van der Waals surface area contributed by atoms with Gasteiger partial charge in [-0.1, -0.05) is 6.07 Å². The molecule has 2 N–H and O–H groups in total. The van der Waals surface area contributed by atoms with E-state index < -0.39 is 29.6 Å². The zero-order valence-corrected chi connectivity index (χ0v) is 12.0. The summed E-state index contributed by atoms with van der Waals surface area (Å²) >= 11 is 0. The molecule has 0 aliphatic carbocycles. The molecule has 0 aromatic heterocycles. The van der Waals surface area contributed by atoms with Crippen LogP contribution in [0.25, 0.3) is 0 Å². The predicted octanol–water partition coefficient (Wildman–Crippen LogP) is 2.43. The van der Waals surface area contributed by atoms with Gasteiger partial charge in [0, 0.05) is 22.8 Å². The Labute approximate surface area is 121 Å². The number of benzene rings is 1. The minimum Gasteiger partial charge on any atom is -0.478 e. The van der Waals surface area contributed by atoms with Gasteiger partial charge < -0.3 is 10.4 Å². The lowest BCUT2D eigenvalue weighted by atomic mass is 10.0. The van der Waals surface area contributed by atoms with E-state index in [0.717, 1.165) is 12.1 Å². The maximum absolute atomic E-state index is 13.5. The summed E-state index contributed by atoms with van der Waals surface area (Å²) in [7, 11) is 0. The Morgan fingerprint density at radius 3 is 2.19 bits per heavy atom. The van der Waals surface area contributed by atoms with Crippen LogP contribution in [0.1, 0.15) is 26.3 Å². The standard InChI is InChI=1S/C15H17F2NO3/c1-8(7-11-12(16)5-4-6-13(11)17)18-14(19)9(2)10(3)15(20)21/h4-6,8H,7H2,1-3H3,(H,18,19)(H,20,21). The van der Waals surface area contributed by atoms with Crippen molar-refractivity contribution in [2.75, 3.05) is 0 Å². The van der Waals surface area contributed by atoms with Crippen LogP contribution in [-0.4, -0.2) is 23.0 Å². The second-order valence-electron chi connectivity index (χ2n) is 4.83. The molecule has 1 atom stereocenters. The molecule has 0 saturated carbocycles. The van der Waals surface area contributed by atoms with Gasteiger partial charge in [0.15, 0.2) is 0 Å². The third-order valence-corrected chi connectivity index (χ3v) is 3.17. The van der Waals surface area contributed by atoms with Crippen molar-refractivity contribution >= 4 is 11.9 Å². The molecule has 0 bridgehead atoms. The van der Waals surface area contributed by atoms with E-state index >= 15 is 0 Å². The first-order valence-electron chi connectivity index (χ1n) is 6.38. The third kappa shape index (κ3) is 4.37. The number of carbonyl (C=O) groups is 2. The Bertz CT molecular complexity index is 576. The molecule has 1 aromatic rings. The van der Waals surface area contributed by atoms with Crippen molar-refractivity contribution in [1.29, 1.82) is 0 Å². The highest BCUT2D eigenvalue weighted by atomic mass is 19.1. The number of hydrogen-bond donors (Lipinski definition) is 2. The Hall–Kier alpha value is -2.24.